The quantitative estimate of drug-likeness (QED) is 0.856. The Morgan fingerprint density at radius 1 is 1.26 bits per heavy atom. The lowest BCUT2D eigenvalue weighted by molar-refractivity contribution is -0.139. The molecule has 0 bridgehead atoms. The van der Waals surface area contributed by atoms with Crippen LogP contribution in [0.25, 0.3) is 0 Å². The molecule has 1 atom stereocenters. The number of aliphatic carboxylic acids is 1. The van der Waals surface area contributed by atoms with Crippen LogP contribution in [0.4, 0.5) is 0 Å². The smallest absolute Gasteiger partial charge is 0.320 e. The van der Waals surface area contributed by atoms with E-state index in [-0.39, 0.29) is 0 Å². The summed E-state index contributed by atoms with van der Waals surface area (Å²) in [7, 11) is 0. The lowest BCUT2D eigenvalue weighted by atomic mass is 9.81. The standard InChI is InChI=1S/C16H23NO2/c1-2-15(16(18)19)17-14-10-8-13(9-11-14)12-6-4-3-5-7-12/h3-7,13-15,17H,2,8-11H2,1H3,(H,18,19). The van der Waals surface area contributed by atoms with Crippen LogP contribution >= 0.6 is 0 Å². The van der Waals surface area contributed by atoms with Crippen LogP contribution in [0.3, 0.4) is 0 Å². The van der Waals surface area contributed by atoms with Crippen molar-refractivity contribution in [3.63, 3.8) is 0 Å². The van der Waals surface area contributed by atoms with Gasteiger partial charge in [-0.3, -0.25) is 4.79 Å². The summed E-state index contributed by atoms with van der Waals surface area (Å²) in [5, 5.41) is 12.3. The molecule has 0 amide bonds. The molecular weight excluding hydrogens is 238 g/mol. The fraction of sp³-hybridized carbons (Fsp3) is 0.562. The summed E-state index contributed by atoms with van der Waals surface area (Å²) in [4.78, 5) is 11.0. The number of carboxylic acid groups (broad SMARTS) is 1. The summed E-state index contributed by atoms with van der Waals surface area (Å²) >= 11 is 0. The molecule has 0 saturated heterocycles. The van der Waals surface area contributed by atoms with E-state index in [2.05, 4.69) is 35.6 Å². The molecule has 104 valence electrons. The molecule has 3 nitrogen and oxygen atoms in total. The van der Waals surface area contributed by atoms with Crippen molar-refractivity contribution in [3.8, 4) is 0 Å². The van der Waals surface area contributed by atoms with E-state index in [1.54, 1.807) is 0 Å². The Balaban J connectivity index is 1.84. The molecule has 0 aliphatic heterocycles. The lowest BCUT2D eigenvalue weighted by Crippen LogP contribution is -2.44. The molecule has 1 saturated carbocycles. The van der Waals surface area contributed by atoms with Crippen molar-refractivity contribution >= 4 is 5.97 Å². The summed E-state index contributed by atoms with van der Waals surface area (Å²) in [5.74, 6) is -0.0863. The summed E-state index contributed by atoms with van der Waals surface area (Å²) < 4.78 is 0. The van der Waals surface area contributed by atoms with Gasteiger partial charge in [0.25, 0.3) is 0 Å². The second kappa shape index (κ2) is 6.71. The molecule has 0 heterocycles. The molecule has 1 aromatic carbocycles. The fourth-order valence-electron chi connectivity index (χ4n) is 2.97. The molecule has 1 unspecified atom stereocenters. The lowest BCUT2D eigenvalue weighted by Gasteiger charge is -2.31. The van der Waals surface area contributed by atoms with E-state index in [1.807, 2.05) is 6.92 Å². The normalized spacial score (nSPS) is 24.9. The van der Waals surface area contributed by atoms with Gasteiger partial charge in [-0.2, -0.15) is 0 Å². The first-order chi connectivity index (χ1) is 9.20. The van der Waals surface area contributed by atoms with Crippen LogP contribution in [-0.4, -0.2) is 23.2 Å². The number of carboxylic acids is 1. The minimum atomic E-state index is -0.729. The number of hydrogen-bond donors (Lipinski definition) is 2. The third-order valence-electron chi connectivity index (χ3n) is 4.14. The predicted molar refractivity (Wildman–Crippen MR) is 76.3 cm³/mol. The molecule has 1 aromatic rings. The molecule has 1 fully saturated rings. The predicted octanol–water partition coefficient (Wildman–Crippen LogP) is 3.17. The van der Waals surface area contributed by atoms with Crippen LogP contribution in [0.1, 0.15) is 50.5 Å². The molecular formula is C16H23NO2. The Kier molecular flexibility index (Phi) is 4.97. The van der Waals surface area contributed by atoms with Crippen molar-refractivity contribution in [2.24, 2.45) is 0 Å². The van der Waals surface area contributed by atoms with E-state index in [1.165, 1.54) is 5.56 Å². The topological polar surface area (TPSA) is 49.3 Å². The highest BCUT2D eigenvalue weighted by Gasteiger charge is 2.25. The molecule has 2 N–H and O–H groups in total. The highest BCUT2D eigenvalue weighted by atomic mass is 16.4. The first kappa shape index (κ1) is 14.1. The van der Waals surface area contributed by atoms with Crippen molar-refractivity contribution in [1.82, 2.24) is 5.32 Å². The van der Waals surface area contributed by atoms with Gasteiger partial charge in [0.2, 0.25) is 0 Å². The minimum Gasteiger partial charge on any atom is -0.480 e. The van der Waals surface area contributed by atoms with Crippen molar-refractivity contribution in [1.29, 1.82) is 0 Å². The molecule has 0 aromatic heterocycles. The summed E-state index contributed by atoms with van der Waals surface area (Å²) in [6.45, 7) is 1.92. The maximum absolute atomic E-state index is 11.0. The number of rotatable bonds is 5. The van der Waals surface area contributed by atoms with E-state index in [9.17, 15) is 4.79 Å². The van der Waals surface area contributed by atoms with Gasteiger partial charge in [0.05, 0.1) is 0 Å². The van der Waals surface area contributed by atoms with Crippen LogP contribution in [0.5, 0.6) is 0 Å². The molecule has 1 aliphatic carbocycles. The Hall–Kier alpha value is -1.35. The number of nitrogens with one attached hydrogen (secondary N) is 1. The van der Waals surface area contributed by atoms with Crippen LogP contribution in [0, 0.1) is 0 Å². The second-order valence-corrected chi connectivity index (χ2v) is 5.42. The van der Waals surface area contributed by atoms with Gasteiger partial charge in [0.1, 0.15) is 6.04 Å². The zero-order valence-electron chi connectivity index (χ0n) is 11.5. The second-order valence-electron chi connectivity index (χ2n) is 5.42. The van der Waals surface area contributed by atoms with Gasteiger partial charge in [-0.15, -0.1) is 0 Å². The van der Waals surface area contributed by atoms with Crippen LogP contribution in [-0.2, 0) is 4.79 Å². The SMILES string of the molecule is CCC(NC1CCC(c2ccccc2)CC1)C(=O)O. The molecule has 3 heteroatoms. The summed E-state index contributed by atoms with van der Waals surface area (Å²) in [6, 6.07) is 10.6. The third-order valence-corrected chi connectivity index (χ3v) is 4.14. The maximum atomic E-state index is 11.0. The summed E-state index contributed by atoms with van der Waals surface area (Å²) in [5.41, 5.74) is 1.42. The zero-order chi connectivity index (χ0) is 13.7. The molecule has 2 rings (SSSR count). The van der Waals surface area contributed by atoms with Gasteiger partial charge in [-0.05, 0) is 43.6 Å². The Bertz CT molecular complexity index is 396. The molecule has 0 radical (unpaired) electrons. The van der Waals surface area contributed by atoms with Crippen molar-refractivity contribution in [2.45, 2.75) is 57.0 Å². The van der Waals surface area contributed by atoms with Gasteiger partial charge >= 0.3 is 5.97 Å². The van der Waals surface area contributed by atoms with Gasteiger partial charge in [-0.1, -0.05) is 37.3 Å². The number of hydrogen-bond acceptors (Lipinski definition) is 2. The highest BCUT2D eigenvalue weighted by molar-refractivity contribution is 5.73. The average Bonchev–Trinajstić information content (AvgIpc) is 2.46. The first-order valence-electron chi connectivity index (χ1n) is 7.24. The van der Waals surface area contributed by atoms with Crippen LogP contribution in [0.15, 0.2) is 30.3 Å². The van der Waals surface area contributed by atoms with E-state index in [4.69, 9.17) is 5.11 Å². The van der Waals surface area contributed by atoms with Crippen LogP contribution < -0.4 is 5.32 Å². The van der Waals surface area contributed by atoms with E-state index in [0.717, 1.165) is 25.7 Å². The Labute approximate surface area is 115 Å². The highest BCUT2D eigenvalue weighted by Crippen LogP contribution is 2.32. The van der Waals surface area contributed by atoms with E-state index in [0.29, 0.717) is 18.4 Å². The van der Waals surface area contributed by atoms with Crippen molar-refractivity contribution < 1.29 is 9.90 Å². The van der Waals surface area contributed by atoms with E-state index >= 15 is 0 Å². The molecule has 19 heavy (non-hydrogen) atoms. The minimum absolute atomic E-state index is 0.362. The van der Waals surface area contributed by atoms with E-state index < -0.39 is 12.0 Å². The average molecular weight is 261 g/mol. The van der Waals surface area contributed by atoms with Gasteiger partial charge < -0.3 is 10.4 Å². The van der Waals surface area contributed by atoms with Gasteiger partial charge in [0.15, 0.2) is 0 Å². The first-order valence-corrected chi connectivity index (χ1v) is 7.24. The summed E-state index contributed by atoms with van der Waals surface area (Å²) in [6.07, 6.45) is 5.09. The molecule has 0 spiro atoms. The number of carbonyl (C=O) groups is 1. The largest absolute Gasteiger partial charge is 0.480 e. The maximum Gasteiger partial charge on any atom is 0.320 e. The Morgan fingerprint density at radius 2 is 1.89 bits per heavy atom. The fourth-order valence-corrected chi connectivity index (χ4v) is 2.97. The van der Waals surface area contributed by atoms with Gasteiger partial charge in [-0.25, -0.2) is 0 Å². The number of benzene rings is 1. The molecule has 1 aliphatic rings. The third kappa shape index (κ3) is 3.80. The van der Waals surface area contributed by atoms with Crippen molar-refractivity contribution in [3.05, 3.63) is 35.9 Å². The zero-order valence-corrected chi connectivity index (χ0v) is 11.5. The Morgan fingerprint density at radius 3 is 2.42 bits per heavy atom. The monoisotopic (exact) mass is 261 g/mol. The van der Waals surface area contributed by atoms with Crippen LogP contribution in [0.2, 0.25) is 0 Å². The van der Waals surface area contributed by atoms with Gasteiger partial charge in [0, 0.05) is 6.04 Å². The van der Waals surface area contributed by atoms with Crippen molar-refractivity contribution in [2.75, 3.05) is 0 Å².